The molecule has 0 saturated carbocycles. The van der Waals surface area contributed by atoms with Crippen molar-refractivity contribution in [1.82, 2.24) is 0 Å². The summed E-state index contributed by atoms with van der Waals surface area (Å²) in [6.45, 7) is 6.48. The summed E-state index contributed by atoms with van der Waals surface area (Å²) in [7, 11) is -1.59. The zero-order chi connectivity index (χ0) is 11.8. The van der Waals surface area contributed by atoms with Crippen molar-refractivity contribution in [2.24, 2.45) is 0 Å². The molecule has 0 aliphatic rings. The van der Waals surface area contributed by atoms with Crippen LogP contribution >= 0.6 is 39.1 Å². The first-order chi connectivity index (χ1) is 6.75. The summed E-state index contributed by atoms with van der Waals surface area (Å²) in [6.07, 6.45) is 0. The van der Waals surface area contributed by atoms with Crippen LogP contribution in [0, 0.1) is 0 Å². The second-order valence-corrected chi connectivity index (χ2v) is 10.9. The molecule has 5 heteroatoms. The molecule has 0 N–H and O–H groups in total. The van der Waals surface area contributed by atoms with Gasteiger partial charge in [0.1, 0.15) is 0 Å². The smallest absolute Gasteiger partial charge is 0.253 e. The number of rotatable bonds is 2. The first-order valence-corrected chi connectivity index (χ1v) is 9.48. The van der Waals surface area contributed by atoms with Crippen LogP contribution in [0.2, 0.25) is 24.7 Å². The third-order valence-corrected chi connectivity index (χ3v) is 5.69. The molecule has 82 valence electrons. The SMILES string of the molecule is C[Si](C)(C)c1ccc(Cl)c(Br)c1C(=O)Cl. The summed E-state index contributed by atoms with van der Waals surface area (Å²) >= 11 is 14.8. The molecule has 0 aliphatic heterocycles. The highest BCUT2D eigenvalue weighted by atomic mass is 79.9. The third-order valence-electron chi connectivity index (χ3n) is 2.10. The van der Waals surface area contributed by atoms with Crippen LogP contribution in [0.5, 0.6) is 0 Å². The molecular weight excluding hydrogens is 315 g/mol. The zero-order valence-electron chi connectivity index (χ0n) is 8.70. The van der Waals surface area contributed by atoms with Gasteiger partial charge in [0.25, 0.3) is 5.24 Å². The summed E-state index contributed by atoms with van der Waals surface area (Å²) in [5.74, 6) is 0. The van der Waals surface area contributed by atoms with Gasteiger partial charge in [-0.25, -0.2) is 0 Å². The van der Waals surface area contributed by atoms with Gasteiger partial charge in [0.2, 0.25) is 0 Å². The van der Waals surface area contributed by atoms with Crippen molar-refractivity contribution in [1.29, 1.82) is 0 Å². The fourth-order valence-electron chi connectivity index (χ4n) is 1.37. The lowest BCUT2D eigenvalue weighted by atomic mass is 10.2. The predicted octanol–water partition coefficient (Wildman–Crippen LogP) is 4.03. The monoisotopic (exact) mass is 324 g/mol. The largest absolute Gasteiger partial charge is 0.276 e. The highest BCUT2D eigenvalue weighted by Gasteiger charge is 2.25. The first kappa shape index (κ1) is 13.2. The summed E-state index contributed by atoms with van der Waals surface area (Å²) in [5.41, 5.74) is 0.517. The van der Waals surface area contributed by atoms with Crippen molar-refractivity contribution in [3.8, 4) is 0 Å². The molecule has 1 aromatic carbocycles. The summed E-state index contributed by atoms with van der Waals surface area (Å²) < 4.78 is 0.601. The highest BCUT2D eigenvalue weighted by molar-refractivity contribution is 9.10. The Bertz CT molecular complexity index is 413. The molecule has 0 radical (unpaired) electrons. The van der Waals surface area contributed by atoms with Crippen molar-refractivity contribution in [2.45, 2.75) is 19.6 Å². The minimum atomic E-state index is -1.59. The fraction of sp³-hybridized carbons (Fsp3) is 0.300. The van der Waals surface area contributed by atoms with Gasteiger partial charge in [-0.05, 0) is 38.8 Å². The number of hydrogen-bond donors (Lipinski definition) is 0. The Labute approximate surface area is 109 Å². The summed E-state index contributed by atoms with van der Waals surface area (Å²) in [4.78, 5) is 11.4. The molecule has 0 heterocycles. The molecule has 0 fully saturated rings. The predicted molar refractivity (Wildman–Crippen MR) is 72.3 cm³/mol. The second kappa shape index (κ2) is 4.58. The third kappa shape index (κ3) is 2.84. The Morgan fingerprint density at radius 2 is 1.87 bits per heavy atom. The lowest BCUT2D eigenvalue weighted by Crippen LogP contribution is -2.41. The maximum absolute atomic E-state index is 11.4. The molecule has 0 unspecified atom stereocenters. The van der Waals surface area contributed by atoms with Gasteiger partial charge >= 0.3 is 0 Å². The molecule has 15 heavy (non-hydrogen) atoms. The van der Waals surface area contributed by atoms with Crippen LogP contribution in [0.1, 0.15) is 10.4 Å². The van der Waals surface area contributed by atoms with E-state index in [4.69, 9.17) is 23.2 Å². The van der Waals surface area contributed by atoms with Crippen molar-refractivity contribution >= 4 is 57.6 Å². The van der Waals surface area contributed by atoms with E-state index >= 15 is 0 Å². The number of carbonyl (C=O) groups is 1. The van der Waals surface area contributed by atoms with Crippen LogP contribution in [-0.4, -0.2) is 13.3 Å². The Kier molecular flexibility index (Phi) is 4.04. The van der Waals surface area contributed by atoms with Crippen molar-refractivity contribution in [2.75, 3.05) is 0 Å². The Hall–Kier alpha value is 0.167. The van der Waals surface area contributed by atoms with Crippen LogP contribution in [0.15, 0.2) is 16.6 Å². The van der Waals surface area contributed by atoms with Crippen molar-refractivity contribution in [3.05, 3.63) is 27.2 Å². The number of hydrogen-bond acceptors (Lipinski definition) is 1. The summed E-state index contributed by atoms with van der Waals surface area (Å²) in [5, 5.41) is 1.08. The molecule has 0 aliphatic carbocycles. The minimum Gasteiger partial charge on any atom is -0.276 e. The maximum atomic E-state index is 11.4. The van der Waals surface area contributed by atoms with Crippen LogP contribution in [-0.2, 0) is 0 Å². The van der Waals surface area contributed by atoms with E-state index in [0.717, 1.165) is 5.19 Å². The average Bonchev–Trinajstić information content (AvgIpc) is 2.06. The quantitative estimate of drug-likeness (QED) is 0.592. The van der Waals surface area contributed by atoms with E-state index in [1.54, 1.807) is 6.07 Å². The Morgan fingerprint density at radius 1 is 1.33 bits per heavy atom. The highest BCUT2D eigenvalue weighted by Crippen LogP contribution is 2.27. The minimum absolute atomic E-state index is 0.457. The lowest BCUT2D eigenvalue weighted by Gasteiger charge is -2.20. The number of carbonyl (C=O) groups excluding carboxylic acids is 1. The van der Waals surface area contributed by atoms with E-state index in [-0.39, 0.29) is 0 Å². The van der Waals surface area contributed by atoms with Gasteiger partial charge in [-0.2, -0.15) is 0 Å². The van der Waals surface area contributed by atoms with Crippen LogP contribution < -0.4 is 5.19 Å². The zero-order valence-corrected chi connectivity index (χ0v) is 12.8. The van der Waals surface area contributed by atoms with Crippen molar-refractivity contribution < 1.29 is 4.79 Å². The molecule has 0 amide bonds. The molecule has 0 saturated heterocycles. The van der Waals surface area contributed by atoms with Gasteiger partial charge in [0.15, 0.2) is 0 Å². The molecule has 1 aromatic rings. The van der Waals surface area contributed by atoms with E-state index in [1.807, 2.05) is 6.07 Å². The lowest BCUT2D eigenvalue weighted by molar-refractivity contribution is 0.108. The molecule has 1 rings (SSSR count). The number of benzene rings is 1. The number of halogens is 3. The molecule has 1 nitrogen and oxygen atoms in total. The Morgan fingerprint density at radius 3 is 2.27 bits per heavy atom. The second-order valence-electron chi connectivity index (χ2n) is 4.31. The van der Waals surface area contributed by atoms with Gasteiger partial charge in [0.05, 0.1) is 13.1 Å². The van der Waals surface area contributed by atoms with Gasteiger partial charge in [-0.15, -0.1) is 0 Å². The van der Waals surface area contributed by atoms with Gasteiger partial charge < -0.3 is 0 Å². The van der Waals surface area contributed by atoms with Crippen molar-refractivity contribution in [3.63, 3.8) is 0 Å². The molecule has 0 aromatic heterocycles. The summed E-state index contributed by atoms with van der Waals surface area (Å²) in [6, 6.07) is 3.69. The van der Waals surface area contributed by atoms with Crippen LogP contribution in [0.25, 0.3) is 0 Å². The standard InChI is InChI=1S/C10H11BrCl2OSi/c1-15(2,3)7-5-4-6(12)9(11)8(7)10(13)14/h4-5H,1-3H3. The van der Waals surface area contributed by atoms with E-state index in [0.29, 0.717) is 15.1 Å². The molecule has 0 spiro atoms. The fourth-order valence-corrected chi connectivity index (χ4v) is 4.20. The van der Waals surface area contributed by atoms with Gasteiger partial charge in [-0.1, -0.05) is 37.3 Å². The van der Waals surface area contributed by atoms with E-state index in [2.05, 4.69) is 35.6 Å². The Balaban J connectivity index is 3.55. The molecular formula is C10H11BrCl2OSi. The molecule has 0 bridgehead atoms. The van der Waals surface area contributed by atoms with E-state index in [1.165, 1.54) is 0 Å². The average molecular weight is 326 g/mol. The van der Waals surface area contributed by atoms with Gasteiger partial charge in [-0.3, -0.25) is 4.79 Å². The van der Waals surface area contributed by atoms with E-state index in [9.17, 15) is 4.79 Å². The normalized spacial score (nSPS) is 11.6. The van der Waals surface area contributed by atoms with Gasteiger partial charge in [0, 0.05) is 10.0 Å². The topological polar surface area (TPSA) is 17.1 Å². The van der Waals surface area contributed by atoms with Crippen LogP contribution in [0.3, 0.4) is 0 Å². The maximum Gasteiger partial charge on any atom is 0.253 e. The molecule has 0 atom stereocenters. The van der Waals surface area contributed by atoms with Crippen LogP contribution in [0.4, 0.5) is 0 Å². The van der Waals surface area contributed by atoms with E-state index < -0.39 is 13.3 Å². The first-order valence-electron chi connectivity index (χ1n) is 4.43.